The van der Waals surface area contributed by atoms with E-state index >= 15 is 0 Å². The van der Waals surface area contributed by atoms with Crippen molar-refractivity contribution in [3.63, 3.8) is 0 Å². The highest BCUT2D eigenvalue weighted by atomic mass is 32.1. The number of hydrazine groups is 1. The summed E-state index contributed by atoms with van der Waals surface area (Å²) in [5.41, 5.74) is 5.43. The van der Waals surface area contributed by atoms with Crippen LogP contribution in [0.25, 0.3) is 0 Å². The smallest absolute Gasteiger partial charge is 0.257 e. The first-order chi connectivity index (χ1) is 11.6. The topological polar surface area (TPSA) is 79.5 Å². The summed E-state index contributed by atoms with van der Waals surface area (Å²) >= 11 is 5.00. The lowest BCUT2D eigenvalue weighted by molar-refractivity contribution is -0.121. The number of ether oxygens (including phenoxy) is 1. The summed E-state index contributed by atoms with van der Waals surface area (Å²) < 4.78 is 5.49. The van der Waals surface area contributed by atoms with Gasteiger partial charge in [-0.15, -0.1) is 0 Å². The minimum Gasteiger partial charge on any atom is -0.494 e. The van der Waals surface area contributed by atoms with Crippen LogP contribution in [0.3, 0.4) is 0 Å². The fourth-order valence-electron chi connectivity index (χ4n) is 1.88. The molecule has 7 heteroatoms. The molecule has 0 aromatic heterocycles. The summed E-state index contributed by atoms with van der Waals surface area (Å²) in [4.78, 5) is 23.7. The van der Waals surface area contributed by atoms with Crippen molar-refractivity contribution in [1.29, 1.82) is 0 Å². The Hall–Kier alpha value is -2.15. The zero-order valence-corrected chi connectivity index (χ0v) is 15.0. The molecule has 0 radical (unpaired) electrons. The van der Waals surface area contributed by atoms with E-state index in [9.17, 15) is 9.59 Å². The van der Waals surface area contributed by atoms with E-state index in [-0.39, 0.29) is 16.9 Å². The fraction of sp³-hybridized carbons (Fsp3) is 0.471. The Morgan fingerprint density at radius 3 is 2.62 bits per heavy atom. The molecule has 24 heavy (non-hydrogen) atoms. The quantitative estimate of drug-likeness (QED) is 0.381. The van der Waals surface area contributed by atoms with Crippen LogP contribution in [0.15, 0.2) is 24.3 Å². The van der Waals surface area contributed by atoms with Crippen LogP contribution >= 0.6 is 12.2 Å². The van der Waals surface area contributed by atoms with Gasteiger partial charge in [0.15, 0.2) is 5.11 Å². The van der Waals surface area contributed by atoms with Crippen LogP contribution in [0.2, 0.25) is 0 Å². The van der Waals surface area contributed by atoms with E-state index in [2.05, 4.69) is 23.1 Å². The molecule has 0 heterocycles. The largest absolute Gasteiger partial charge is 0.494 e. The SMILES string of the molecule is CCCCCC(=O)NNC(=S)NC(=O)c1cccc(OCCC)c1. The van der Waals surface area contributed by atoms with E-state index in [4.69, 9.17) is 17.0 Å². The minimum absolute atomic E-state index is 0.0451. The van der Waals surface area contributed by atoms with Gasteiger partial charge in [-0.05, 0) is 43.3 Å². The second kappa shape index (κ2) is 11.4. The van der Waals surface area contributed by atoms with Crippen LogP contribution in [-0.4, -0.2) is 23.5 Å². The maximum absolute atomic E-state index is 12.1. The standard InChI is InChI=1S/C17H25N3O3S/c1-3-5-6-10-15(21)19-20-17(24)18-16(22)13-8-7-9-14(12-13)23-11-4-2/h7-9,12H,3-6,10-11H2,1-2H3,(H,19,21)(H2,18,20,22,24). The summed E-state index contributed by atoms with van der Waals surface area (Å²) in [7, 11) is 0. The van der Waals surface area contributed by atoms with Crippen molar-refractivity contribution in [3.8, 4) is 5.75 Å². The number of amides is 2. The van der Waals surface area contributed by atoms with Gasteiger partial charge in [0.25, 0.3) is 5.91 Å². The molecule has 3 N–H and O–H groups in total. The highest BCUT2D eigenvalue weighted by Gasteiger charge is 2.09. The normalized spacial score (nSPS) is 9.92. The summed E-state index contributed by atoms with van der Waals surface area (Å²) in [5.74, 6) is 0.109. The molecule has 0 saturated carbocycles. The van der Waals surface area contributed by atoms with Gasteiger partial charge in [0.1, 0.15) is 5.75 Å². The van der Waals surface area contributed by atoms with Crippen molar-refractivity contribution < 1.29 is 14.3 Å². The van der Waals surface area contributed by atoms with Crippen molar-refractivity contribution in [2.75, 3.05) is 6.61 Å². The third-order valence-electron chi connectivity index (χ3n) is 3.12. The first-order valence-corrected chi connectivity index (χ1v) is 8.60. The second-order valence-corrected chi connectivity index (χ2v) is 5.70. The molecule has 0 bridgehead atoms. The zero-order chi connectivity index (χ0) is 17.8. The number of nitrogens with one attached hydrogen (secondary N) is 3. The molecule has 1 aromatic rings. The van der Waals surface area contributed by atoms with E-state index in [0.29, 0.717) is 24.3 Å². The number of unbranched alkanes of at least 4 members (excludes halogenated alkanes) is 2. The molecular weight excluding hydrogens is 326 g/mol. The lowest BCUT2D eigenvalue weighted by atomic mass is 10.2. The van der Waals surface area contributed by atoms with Gasteiger partial charge in [-0.2, -0.15) is 0 Å². The maximum Gasteiger partial charge on any atom is 0.257 e. The van der Waals surface area contributed by atoms with E-state index in [1.807, 2.05) is 6.92 Å². The molecule has 0 aliphatic heterocycles. The van der Waals surface area contributed by atoms with Crippen LogP contribution in [0.4, 0.5) is 0 Å². The fourth-order valence-corrected chi connectivity index (χ4v) is 2.02. The van der Waals surface area contributed by atoms with Gasteiger partial charge >= 0.3 is 0 Å². The van der Waals surface area contributed by atoms with Crippen molar-refractivity contribution in [1.82, 2.24) is 16.2 Å². The lowest BCUT2D eigenvalue weighted by Crippen LogP contribution is -2.48. The molecule has 0 unspecified atom stereocenters. The lowest BCUT2D eigenvalue weighted by Gasteiger charge is -2.11. The van der Waals surface area contributed by atoms with Gasteiger partial charge in [-0.3, -0.25) is 25.8 Å². The van der Waals surface area contributed by atoms with Crippen LogP contribution in [0, 0.1) is 0 Å². The van der Waals surface area contributed by atoms with Gasteiger partial charge < -0.3 is 4.74 Å². The van der Waals surface area contributed by atoms with Gasteiger partial charge in [0.05, 0.1) is 6.61 Å². The number of hydrogen-bond acceptors (Lipinski definition) is 4. The molecule has 132 valence electrons. The van der Waals surface area contributed by atoms with Crippen LogP contribution in [0.1, 0.15) is 56.3 Å². The molecule has 0 saturated heterocycles. The molecule has 0 atom stereocenters. The molecule has 1 rings (SSSR count). The van der Waals surface area contributed by atoms with Crippen LogP contribution in [0.5, 0.6) is 5.75 Å². The Labute approximate surface area is 148 Å². The number of thiocarbonyl (C=S) groups is 1. The molecular formula is C17H25N3O3S. The highest BCUT2D eigenvalue weighted by molar-refractivity contribution is 7.80. The molecule has 6 nitrogen and oxygen atoms in total. The Kier molecular flexibility index (Phi) is 9.45. The first kappa shape index (κ1) is 19.9. The third kappa shape index (κ3) is 7.92. The number of rotatable bonds is 8. The zero-order valence-electron chi connectivity index (χ0n) is 14.2. The number of hydrogen-bond donors (Lipinski definition) is 3. The van der Waals surface area contributed by atoms with Crippen LogP contribution in [-0.2, 0) is 4.79 Å². The summed E-state index contributed by atoms with van der Waals surface area (Å²) in [5, 5.41) is 2.56. The Balaban J connectivity index is 2.41. The molecule has 2 amide bonds. The van der Waals surface area contributed by atoms with Crippen molar-refractivity contribution in [3.05, 3.63) is 29.8 Å². The Morgan fingerprint density at radius 2 is 1.92 bits per heavy atom. The van der Waals surface area contributed by atoms with Crippen molar-refractivity contribution in [2.45, 2.75) is 46.0 Å². The predicted molar refractivity (Wildman–Crippen MR) is 97.7 cm³/mol. The van der Waals surface area contributed by atoms with Gasteiger partial charge in [0.2, 0.25) is 5.91 Å². The van der Waals surface area contributed by atoms with E-state index in [0.717, 1.165) is 25.7 Å². The average molecular weight is 351 g/mol. The second-order valence-electron chi connectivity index (χ2n) is 5.29. The average Bonchev–Trinajstić information content (AvgIpc) is 2.58. The van der Waals surface area contributed by atoms with E-state index in [1.54, 1.807) is 24.3 Å². The molecule has 0 aliphatic carbocycles. The monoisotopic (exact) mass is 351 g/mol. The van der Waals surface area contributed by atoms with Crippen molar-refractivity contribution in [2.24, 2.45) is 0 Å². The molecule has 0 fully saturated rings. The third-order valence-corrected chi connectivity index (χ3v) is 3.32. The number of benzene rings is 1. The van der Waals surface area contributed by atoms with E-state index in [1.165, 1.54) is 0 Å². The molecule has 0 spiro atoms. The summed E-state index contributed by atoms with van der Waals surface area (Å²) in [6.45, 7) is 4.68. The summed E-state index contributed by atoms with van der Waals surface area (Å²) in [6, 6.07) is 6.85. The Bertz CT molecular complexity index is 564. The van der Waals surface area contributed by atoms with Crippen LogP contribution < -0.4 is 20.9 Å². The molecule has 1 aromatic carbocycles. The molecule has 0 aliphatic rings. The minimum atomic E-state index is -0.366. The van der Waals surface area contributed by atoms with Gasteiger partial charge in [0, 0.05) is 12.0 Å². The predicted octanol–water partition coefficient (Wildman–Crippen LogP) is 2.69. The number of carbonyl (C=O) groups is 2. The number of carbonyl (C=O) groups excluding carboxylic acids is 2. The van der Waals surface area contributed by atoms with Gasteiger partial charge in [-0.25, -0.2) is 0 Å². The van der Waals surface area contributed by atoms with E-state index < -0.39 is 0 Å². The summed E-state index contributed by atoms with van der Waals surface area (Å²) in [6.07, 6.45) is 4.20. The Morgan fingerprint density at radius 1 is 1.12 bits per heavy atom. The van der Waals surface area contributed by atoms with Crippen molar-refractivity contribution >= 4 is 29.1 Å². The highest BCUT2D eigenvalue weighted by Crippen LogP contribution is 2.13. The maximum atomic E-state index is 12.1. The van der Waals surface area contributed by atoms with Gasteiger partial charge in [-0.1, -0.05) is 32.8 Å². The first-order valence-electron chi connectivity index (χ1n) is 8.19.